The van der Waals surface area contributed by atoms with E-state index in [1.54, 1.807) is 0 Å². The maximum Gasteiger partial charge on any atom is 0.213 e. The number of rotatable bonds is 1. The molecule has 5 heteroatoms. The van der Waals surface area contributed by atoms with Crippen LogP contribution in [0.15, 0.2) is 40.9 Å². The Morgan fingerprint density at radius 3 is 2.53 bits per heavy atom. The van der Waals surface area contributed by atoms with Gasteiger partial charge in [0.1, 0.15) is 0 Å². The molecule has 0 unspecified atom stereocenters. The predicted molar refractivity (Wildman–Crippen MR) is 74.4 cm³/mol. The first kappa shape index (κ1) is 10.7. The van der Waals surface area contributed by atoms with Crippen LogP contribution < -0.4 is 0 Å². The third-order valence-corrected chi connectivity index (χ3v) is 3.26. The molecule has 17 heavy (non-hydrogen) atoms. The van der Waals surface area contributed by atoms with Crippen molar-refractivity contribution in [2.45, 2.75) is 0 Å². The molecule has 3 rings (SSSR count). The molecule has 1 aromatic heterocycles. The highest BCUT2D eigenvalue weighted by Crippen LogP contribution is 2.24. The van der Waals surface area contributed by atoms with Crippen molar-refractivity contribution in [3.05, 3.63) is 45.6 Å². The fraction of sp³-hybridized carbons (Fsp3) is 0. The lowest BCUT2D eigenvalue weighted by Crippen LogP contribution is -1.81. The Morgan fingerprint density at radius 2 is 1.76 bits per heavy atom. The van der Waals surface area contributed by atoms with E-state index in [1.807, 2.05) is 12.1 Å². The van der Waals surface area contributed by atoms with Crippen molar-refractivity contribution >= 4 is 38.9 Å². The first-order valence-electron chi connectivity index (χ1n) is 5.07. The molecule has 0 spiro atoms. The van der Waals surface area contributed by atoms with Crippen molar-refractivity contribution in [2.75, 3.05) is 0 Å². The summed E-state index contributed by atoms with van der Waals surface area (Å²) in [5, 5.41) is 8.11. The zero-order chi connectivity index (χ0) is 11.8. The number of hydrogen-bond donors (Lipinski definition) is 2. The molecule has 2 aromatic carbocycles. The van der Waals surface area contributed by atoms with Gasteiger partial charge in [-0.05, 0) is 41.2 Å². The molecule has 3 nitrogen and oxygen atoms in total. The van der Waals surface area contributed by atoms with Crippen molar-refractivity contribution in [1.82, 2.24) is 15.2 Å². The van der Waals surface area contributed by atoms with Crippen molar-refractivity contribution in [3.63, 3.8) is 0 Å². The molecule has 0 atom stereocenters. The fourth-order valence-electron chi connectivity index (χ4n) is 1.77. The summed E-state index contributed by atoms with van der Waals surface area (Å²) in [4.78, 5) is 4.20. The van der Waals surface area contributed by atoms with E-state index >= 15 is 0 Å². The van der Waals surface area contributed by atoms with E-state index in [1.165, 1.54) is 10.8 Å². The summed E-state index contributed by atoms with van der Waals surface area (Å²) in [5.41, 5.74) is 1.02. The molecule has 84 valence electrons. The van der Waals surface area contributed by atoms with Crippen molar-refractivity contribution in [2.24, 2.45) is 0 Å². The van der Waals surface area contributed by atoms with Gasteiger partial charge in [-0.1, -0.05) is 34.1 Å². The van der Waals surface area contributed by atoms with Crippen LogP contribution in [0.4, 0.5) is 0 Å². The number of halogens is 1. The summed E-state index contributed by atoms with van der Waals surface area (Å²) in [6.07, 6.45) is 0. The quantitative estimate of drug-likeness (QED) is 0.666. The largest absolute Gasteiger partial charge is 0.282 e. The number of nitrogens with zero attached hydrogens (tertiary/aromatic N) is 1. The minimum Gasteiger partial charge on any atom is -0.282 e. The number of fused-ring (bicyclic) bond motifs is 1. The van der Waals surface area contributed by atoms with Gasteiger partial charge in [0.15, 0.2) is 5.82 Å². The van der Waals surface area contributed by atoms with E-state index in [0.717, 1.165) is 15.9 Å². The van der Waals surface area contributed by atoms with Crippen LogP contribution in [0.2, 0.25) is 0 Å². The third-order valence-electron chi connectivity index (χ3n) is 2.58. The second-order valence-corrected chi connectivity index (χ2v) is 5.02. The second-order valence-electron chi connectivity index (χ2n) is 3.72. The van der Waals surface area contributed by atoms with E-state index in [4.69, 9.17) is 12.2 Å². The first-order chi connectivity index (χ1) is 8.22. The van der Waals surface area contributed by atoms with Crippen LogP contribution in [0, 0.1) is 4.77 Å². The molecule has 0 aliphatic rings. The smallest absolute Gasteiger partial charge is 0.213 e. The van der Waals surface area contributed by atoms with Gasteiger partial charge < -0.3 is 0 Å². The van der Waals surface area contributed by atoms with Crippen LogP contribution in [0.3, 0.4) is 0 Å². The zero-order valence-corrected chi connectivity index (χ0v) is 11.1. The number of nitrogens with one attached hydrogen (secondary N) is 2. The van der Waals surface area contributed by atoms with Gasteiger partial charge in [0, 0.05) is 10.0 Å². The van der Waals surface area contributed by atoms with Gasteiger partial charge in [0.05, 0.1) is 0 Å². The van der Waals surface area contributed by atoms with Gasteiger partial charge in [0.2, 0.25) is 4.77 Å². The molecule has 0 bridgehead atoms. The molecule has 0 saturated heterocycles. The summed E-state index contributed by atoms with van der Waals surface area (Å²) in [6, 6.07) is 12.4. The maximum atomic E-state index is 4.94. The Bertz CT molecular complexity index is 745. The van der Waals surface area contributed by atoms with E-state index in [2.05, 4.69) is 55.4 Å². The SMILES string of the molecule is S=c1nc(-c2ccc3cc(Br)ccc3c2)[nH][nH]1. The van der Waals surface area contributed by atoms with E-state index < -0.39 is 0 Å². The standard InChI is InChI=1S/C12H8BrN3S/c13-10-4-3-7-5-9(2-1-8(7)6-10)11-14-12(17)16-15-11/h1-6H,(H2,14,15,16,17). The van der Waals surface area contributed by atoms with Crippen LogP contribution >= 0.6 is 28.1 Å². The lowest BCUT2D eigenvalue weighted by atomic mass is 10.1. The number of aromatic nitrogens is 3. The molecule has 3 aromatic rings. The topological polar surface area (TPSA) is 44.5 Å². The summed E-state index contributed by atoms with van der Waals surface area (Å²) in [6.45, 7) is 0. The molecule has 1 heterocycles. The van der Waals surface area contributed by atoms with Crippen molar-refractivity contribution in [1.29, 1.82) is 0 Å². The summed E-state index contributed by atoms with van der Waals surface area (Å²) >= 11 is 8.40. The summed E-state index contributed by atoms with van der Waals surface area (Å²) < 4.78 is 1.55. The van der Waals surface area contributed by atoms with E-state index in [-0.39, 0.29) is 0 Å². The molecular formula is C12H8BrN3S. The van der Waals surface area contributed by atoms with Gasteiger partial charge in [-0.3, -0.25) is 10.2 Å². The molecular weight excluding hydrogens is 298 g/mol. The fourth-order valence-corrected chi connectivity index (χ4v) is 2.29. The van der Waals surface area contributed by atoms with Crippen LogP contribution in [0.25, 0.3) is 22.2 Å². The Balaban J connectivity index is 2.20. The molecule has 0 fully saturated rings. The van der Waals surface area contributed by atoms with Gasteiger partial charge in [-0.2, -0.15) is 4.98 Å². The first-order valence-corrected chi connectivity index (χ1v) is 6.27. The number of H-pyrrole nitrogens is 2. The highest BCUT2D eigenvalue weighted by molar-refractivity contribution is 9.10. The molecule has 0 saturated carbocycles. The third kappa shape index (κ3) is 2.03. The second kappa shape index (κ2) is 4.09. The zero-order valence-electron chi connectivity index (χ0n) is 8.70. The highest BCUT2D eigenvalue weighted by atomic mass is 79.9. The molecule has 0 aliphatic heterocycles. The van der Waals surface area contributed by atoms with Gasteiger partial charge in [0.25, 0.3) is 0 Å². The normalized spacial score (nSPS) is 10.9. The van der Waals surface area contributed by atoms with Crippen LogP contribution in [-0.4, -0.2) is 15.2 Å². The van der Waals surface area contributed by atoms with Crippen LogP contribution in [0.1, 0.15) is 0 Å². The van der Waals surface area contributed by atoms with Crippen LogP contribution in [-0.2, 0) is 0 Å². The number of aromatic amines is 2. The van der Waals surface area contributed by atoms with Crippen molar-refractivity contribution < 1.29 is 0 Å². The van der Waals surface area contributed by atoms with Gasteiger partial charge in [-0.25, -0.2) is 0 Å². The minimum atomic E-state index is 0.468. The molecule has 0 amide bonds. The predicted octanol–water partition coefficient (Wildman–Crippen LogP) is 4.05. The Hall–Kier alpha value is -1.46. The monoisotopic (exact) mass is 305 g/mol. The minimum absolute atomic E-state index is 0.468. The van der Waals surface area contributed by atoms with Gasteiger partial charge >= 0.3 is 0 Å². The lowest BCUT2D eigenvalue weighted by molar-refractivity contribution is 1.08. The average Bonchev–Trinajstić information content (AvgIpc) is 2.75. The summed E-state index contributed by atoms with van der Waals surface area (Å²) in [7, 11) is 0. The Labute approximate surface area is 111 Å². The average molecular weight is 306 g/mol. The van der Waals surface area contributed by atoms with E-state index in [9.17, 15) is 0 Å². The Morgan fingerprint density at radius 1 is 1.00 bits per heavy atom. The molecule has 2 N–H and O–H groups in total. The van der Waals surface area contributed by atoms with Gasteiger partial charge in [-0.15, -0.1) is 0 Å². The van der Waals surface area contributed by atoms with Crippen molar-refractivity contribution in [3.8, 4) is 11.4 Å². The Kier molecular flexibility index (Phi) is 2.57. The lowest BCUT2D eigenvalue weighted by Gasteiger charge is -2.01. The maximum absolute atomic E-state index is 4.94. The summed E-state index contributed by atoms with van der Waals surface area (Å²) in [5.74, 6) is 0.764. The van der Waals surface area contributed by atoms with E-state index in [0.29, 0.717) is 4.77 Å². The van der Waals surface area contributed by atoms with Crippen LogP contribution in [0.5, 0.6) is 0 Å². The molecule has 0 aliphatic carbocycles. The number of benzene rings is 2. The molecule has 0 radical (unpaired) electrons. The highest BCUT2D eigenvalue weighted by Gasteiger charge is 2.02. The number of hydrogen-bond acceptors (Lipinski definition) is 2.